The predicted octanol–water partition coefficient (Wildman–Crippen LogP) is 2.40. The summed E-state index contributed by atoms with van der Waals surface area (Å²) in [6.45, 7) is 5.94. The third-order valence-electron chi connectivity index (χ3n) is 4.44. The van der Waals surface area contributed by atoms with E-state index in [0.717, 1.165) is 54.6 Å². The molecule has 1 N–H and O–H groups in total. The van der Waals surface area contributed by atoms with Gasteiger partial charge in [0.25, 0.3) is 0 Å². The number of ether oxygens (including phenoxy) is 2. The summed E-state index contributed by atoms with van der Waals surface area (Å²) in [6, 6.07) is 12.2. The summed E-state index contributed by atoms with van der Waals surface area (Å²) in [5, 5.41) is 3.42. The third kappa shape index (κ3) is 3.52. The maximum Gasteiger partial charge on any atom is 0.124 e. The third-order valence-corrected chi connectivity index (χ3v) is 4.44. The van der Waals surface area contributed by atoms with Crippen LogP contribution in [0.5, 0.6) is 11.5 Å². The van der Waals surface area contributed by atoms with E-state index < -0.39 is 0 Å². The number of benzene rings is 1. The first-order valence-electron chi connectivity index (χ1n) is 8.33. The number of pyridine rings is 1. The monoisotopic (exact) mass is 327 g/mol. The summed E-state index contributed by atoms with van der Waals surface area (Å²) in [5.41, 5.74) is 3.16. The highest BCUT2D eigenvalue weighted by atomic mass is 16.5. The van der Waals surface area contributed by atoms with Crippen LogP contribution in [0.1, 0.15) is 23.0 Å². The number of rotatable bonds is 5. The average Bonchev–Trinajstić information content (AvgIpc) is 2.63. The molecule has 5 nitrogen and oxygen atoms in total. The fraction of sp³-hybridized carbons (Fsp3) is 0.421. The molecule has 2 aromatic rings. The molecule has 1 fully saturated rings. The second-order valence-corrected chi connectivity index (χ2v) is 6.00. The van der Waals surface area contributed by atoms with Crippen molar-refractivity contribution in [2.75, 3.05) is 40.4 Å². The Morgan fingerprint density at radius 1 is 1.08 bits per heavy atom. The molecule has 1 unspecified atom stereocenters. The van der Waals surface area contributed by atoms with Crippen molar-refractivity contribution in [1.82, 2.24) is 15.2 Å². The van der Waals surface area contributed by atoms with Crippen molar-refractivity contribution >= 4 is 0 Å². The van der Waals surface area contributed by atoms with Crippen molar-refractivity contribution in [2.45, 2.75) is 13.0 Å². The highest BCUT2D eigenvalue weighted by Gasteiger charge is 2.28. The van der Waals surface area contributed by atoms with Crippen LogP contribution in [0.25, 0.3) is 0 Å². The van der Waals surface area contributed by atoms with Crippen LogP contribution in [0.15, 0.2) is 36.4 Å². The Kier molecular flexibility index (Phi) is 5.33. The Morgan fingerprint density at radius 2 is 1.88 bits per heavy atom. The second kappa shape index (κ2) is 7.64. The number of piperazine rings is 1. The van der Waals surface area contributed by atoms with Gasteiger partial charge < -0.3 is 14.8 Å². The highest BCUT2D eigenvalue weighted by molar-refractivity contribution is 5.45. The molecule has 0 amide bonds. The number of aryl methyl sites for hydroxylation is 1. The van der Waals surface area contributed by atoms with E-state index in [1.807, 2.05) is 25.1 Å². The Bertz CT molecular complexity index is 684. The van der Waals surface area contributed by atoms with Crippen LogP contribution in [0.3, 0.4) is 0 Å². The van der Waals surface area contributed by atoms with Gasteiger partial charge >= 0.3 is 0 Å². The molecule has 24 heavy (non-hydrogen) atoms. The highest BCUT2D eigenvalue weighted by Crippen LogP contribution is 2.36. The second-order valence-electron chi connectivity index (χ2n) is 6.00. The summed E-state index contributed by atoms with van der Waals surface area (Å²) in [5.74, 6) is 1.70. The minimum atomic E-state index is 0.0528. The summed E-state index contributed by atoms with van der Waals surface area (Å²) in [4.78, 5) is 7.25. The molecule has 0 saturated carbocycles. The van der Waals surface area contributed by atoms with Gasteiger partial charge in [-0.25, -0.2) is 0 Å². The lowest BCUT2D eigenvalue weighted by molar-refractivity contribution is 0.192. The van der Waals surface area contributed by atoms with Crippen LogP contribution in [0.2, 0.25) is 0 Å². The molecule has 128 valence electrons. The fourth-order valence-electron chi connectivity index (χ4n) is 3.25. The van der Waals surface area contributed by atoms with Crippen molar-refractivity contribution in [3.05, 3.63) is 53.3 Å². The Balaban J connectivity index is 2.10. The molecule has 1 aliphatic heterocycles. The van der Waals surface area contributed by atoms with Crippen LogP contribution in [0.4, 0.5) is 0 Å². The smallest absolute Gasteiger partial charge is 0.124 e. The Labute approximate surface area is 143 Å². The first-order valence-corrected chi connectivity index (χ1v) is 8.33. The molecule has 1 aromatic heterocycles. The van der Waals surface area contributed by atoms with Crippen LogP contribution >= 0.6 is 0 Å². The maximum atomic E-state index is 5.64. The topological polar surface area (TPSA) is 46.6 Å². The van der Waals surface area contributed by atoms with Crippen molar-refractivity contribution in [3.63, 3.8) is 0 Å². The van der Waals surface area contributed by atoms with Gasteiger partial charge in [-0.2, -0.15) is 0 Å². The molecule has 1 aromatic carbocycles. The Morgan fingerprint density at radius 3 is 2.54 bits per heavy atom. The number of aromatic nitrogens is 1. The van der Waals surface area contributed by atoms with E-state index in [9.17, 15) is 0 Å². The van der Waals surface area contributed by atoms with Gasteiger partial charge in [-0.15, -0.1) is 0 Å². The summed E-state index contributed by atoms with van der Waals surface area (Å²) >= 11 is 0. The van der Waals surface area contributed by atoms with Gasteiger partial charge in [0.1, 0.15) is 11.5 Å². The molecule has 0 bridgehead atoms. The van der Waals surface area contributed by atoms with E-state index in [4.69, 9.17) is 14.5 Å². The molecule has 1 saturated heterocycles. The van der Waals surface area contributed by atoms with Gasteiger partial charge in [-0.3, -0.25) is 9.88 Å². The van der Waals surface area contributed by atoms with E-state index in [2.05, 4.69) is 28.4 Å². The van der Waals surface area contributed by atoms with E-state index in [-0.39, 0.29) is 6.04 Å². The van der Waals surface area contributed by atoms with Gasteiger partial charge in [-0.05, 0) is 37.3 Å². The zero-order valence-electron chi connectivity index (χ0n) is 14.6. The first kappa shape index (κ1) is 16.7. The van der Waals surface area contributed by atoms with Crippen molar-refractivity contribution in [1.29, 1.82) is 0 Å². The maximum absolute atomic E-state index is 5.64. The Hall–Kier alpha value is -2.11. The summed E-state index contributed by atoms with van der Waals surface area (Å²) in [7, 11) is 3.40. The van der Waals surface area contributed by atoms with Gasteiger partial charge in [0, 0.05) is 37.4 Å². The molecule has 0 radical (unpaired) electrons. The molecular formula is C19H25N3O2. The van der Waals surface area contributed by atoms with Crippen molar-refractivity contribution < 1.29 is 9.47 Å². The van der Waals surface area contributed by atoms with Gasteiger partial charge in [0.15, 0.2) is 0 Å². The molecule has 1 atom stereocenters. The zero-order chi connectivity index (χ0) is 16.9. The van der Waals surface area contributed by atoms with E-state index in [0.29, 0.717) is 0 Å². The lowest BCUT2D eigenvalue weighted by Crippen LogP contribution is -2.45. The summed E-state index contributed by atoms with van der Waals surface area (Å²) in [6.07, 6.45) is 0. The van der Waals surface area contributed by atoms with Crippen molar-refractivity contribution in [2.24, 2.45) is 0 Å². The lowest BCUT2D eigenvalue weighted by atomic mass is 9.98. The van der Waals surface area contributed by atoms with Gasteiger partial charge in [0.2, 0.25) is 0 Å². The van der Waals surface area contributed by atoms with Gasteiger partial charge in [-0.1, -0.05) is 6.07 Å². The number of methoxy groups -OCH3 is 2. The average molecular weight is 327 g/mol. The molecule has 1 aliphatic rings. The van der Waals surface area contributed by atoms with E-state index in [1.165, 1.54) is 0 Å². The quantitative estimate of drug-likeness (QED) is 0.914. The van der Waals surface area contributed by atoms with Crippen LogP contribution < -0.4 is 14.8 Å². The van der Waals surface area contributed by atoms with E-state index >= 15 is 0 Å². The minimum absolute atomic E-state index is 0.0528. The number of hydrogen-bond acceptors (Lipinski definition) is 5. The van der Waals surface area contributed by atoms with Crippen LogP contribution in [-0.4, -0.2) is 50.3 Å². The molecular weight excluding hydrogens is 302 g/mol. The molecule has 3 rings (SSSR count). The number of nitrogens with one attached hydrogen (secondary N) is 1. The van der Waals surface area contributed by atoms with E-state index in [1.54, 1.807) is 14.2 Å². The molecule has 5 heteroatoms. The molecule has 0 spiro atoms. The predicted molar refractivity (Wildman–Crippen MR) is 94.8 cm³/mol. The number of hydrogen-bond donors (Lipinski definition) is 1. The largest absolute Gasteiger partial charge is 0.497 e. The number of nitrogens with zero attached hydrogens (tertiary/aromatic N) is 2. The van der Waals surface area contributed by atoms with Crippen LogP contribution in [0, 0.1) is 6.92 Å². The van der Waals surface area contributed by atoms with Crippen molar-refractivity contribution in [3.8, 4) is 11.5 Å². The van der Waals surface area contributed by atoms with Crippen LogP contribution in [-0.2, 0) is 0 Å². The molecule has 2 heterocycles. The first-order chi connectivity index (χ1) is 11.7. The zero-order valence-corrected chi connectivity index (χ0v) is 14.6. The summed E-state index contributed by atoms with van der Waals surface area (Å²) < 4.78 is 11.1. The molecule has 0 aliphatic carbocycles. The lowest BCUT2D eigenvalue weighted by Gasteiger charge is -2.35. The minimum Gasteiger partial charge on any atom is -0.497 e. The van der Waals surface area contributed by atoms with Gasteiger partial charge in [0.05, 0.1) is 26.0 Å². The fourth-order valence-corrected chi connectivity index (χ4v) is 3.25. The normalized spacial score (nSPS) is 16.6. The standard InChI is InChI=1S/C19H25N3O2/c1-14-5-4-6-17(21-14)19(22-11-9-20-10-12-22)16-13-15(23-2)7-8-18(16)24-3/h4-8,13,19-20H,9-12H2,1-3H3. The SMILES string of the molecule is COc1ccc(OC)c(C(c2cccc(C)n2)N2CCNCC2)c1.